The smallest absolute Gasteiger partial charge is 0.408 e. The van der Waals surface area contributed by atoms with Crippen LogP contribution in [0.2, 0.25) is 0 Å². The quantitative estimate of drug-likeness (QED) is 0.0688. The van der Waals surface area contributed by atoms with Crippen molar-refractivity contribution in [2.24, 2.45) is 5.92 Å². The first kappa shape index (κ1) is 37.4. The van der Waals surface area contributed by atoms with Crippen LogP contribution in [0.4, 0.5) is 4.79 Å². The van der Waals surface area contributed by atoms with E-state index in [0.29, 0.717) is 35.5 Å². The highest BCUT2D eigenvalue weighted by Crippen LogP contribution is 2.39. The van der Waals surface area contributed by atoms with Gasteiger partial charge in [-0.3, -0.25) is 9.69 Å². The third-order valence-corrected chi connectivity index (χ3v) is 11.0. The summed E-state index contributed by atoms with van der Waals surface area (Å²) in [6.45, 7) is 6.79. The van der Waals surface area contributed by atoms with Crippen molar-refractivity contribution in [2.45, 2.75) is 82.9 Å². The zero-order valence-electron chi connectivity index (χ0n) is 30.3. The van der Waals surface area contributed by atoms with Crippen LogP contribution in [-0.2, 0) is 0 Å². The summed E-state index contributed by atoms with van der Waals surface area (Å²) in [5, 5.41) is 35.4. The summed E-state index contributed by atoms with van der Waals surface area (Å²) < 4.78 is 6.33. The SMILES string of the molecule is Cc1ccc([C@@H](c2ccccc2)N(C(=O)O)C2CN3CCC2CC3)cc1OCCCCCCCCCNC[C@H](O)c1ccc(O)c2[nH]c(=O)ccc12. The number of carboxylic acid groups (broad SMARTS) is 1. The lowest BCUT2D eigenvalue weighted by atomic mass is 9.81. The predicted molar refractivity (Wildman–Crippen MR) is 204 cm³/mol. The number of aromatic hydroxyl groups is 1. The second-order valence-electron chi connectivity index (χ2n) is 14.6. The summed E-state index contributed by atoms with van der Waals surface area (Å²) in [6.07, 6.45) is 8.14. The second-order valence-corrected chi connectivity index (χ2v) is 14.6. The highest BCUT2D eigenvalue weighted by molar-refractivity contribution is 5.87. The van der Waals surface area contributed by atoms with Crippen molar-refractivity contribution in [2.75, 3.05) is 39.3 Å². The number of rotatable bonds is 18. The molecule has 1 unspecified atom stereocenters. The minimum Gasteiger partial charge on any atom is -0.506 e. The maximum absolute atomic E-state index is 13.0. The van der Waals surface area contributed by atoms with Gasteiger partial charge in [-0.05, 0) is 98.6 Å². The summed E-state index contributed by atoms with van der Waals surface area (Å²) in [7, 11) is 0. The normalized spacial score (nSPS) is 19.4. The fourth-order valence-electron chi connectivity index (χ4n) is 8.10. The van der Waals surface area contributed by atoms with Crippen LogP contribution in [0.3, 0.4) is 0 Å². The third kappa shape index (κ3) is 9.15. The lowest BCUT2D eigenvalue weighted by Crippen LogP contribution is -2.59. The van der Waals surface area contributed by atoms with Gasteiger partial charge in [0.1, 0.15) is 11.5 Å². The van der Waals surface area contributed by atoms with Gasteiger partial charge < -0.3 is 35.3 Å². The standard InChI is InChI=1S/C42H54N4O6/c1-29-14-15-32(41(31-12-8-7-9-13-31)46(42(50)51)35-28-45-23-20-30(35)21-24-45)26-38(29)52-25-11-6-4-2-3-5-10-22-43-27-37(48)33-16-18-36(47)40-34(33)17-19-39(49)44-40/h7-9,12-19,26,30,35,37,41,43,47-48H,2-6,10-11,20-25,27-28H2,1H3,(H,44,49)(H,50,51)/t35?,37-,41+/m0/s1. The molecule has 1 aromatic heterocycles. The Hall–Kier alpha value is -4.38. The van der Waals surface area contributed by atoms with Gasteiger partial charge in [-0.15, -0.1) is 0 Å². The molecule has 0 spiro atoms. The molecule has 3 saturated heterocycles. The number of phenolic OH excluding ortho intramolecular Hbond substituents is 1. The molecule has 5 N–H and O–H groups in total. The number of aliphatic hydroxyl groups is 1. The van der Waals surface area contributed by atoms with Gasteiger partial charge in [0.15, 0.2) is 0 Å². The van der Waals surface area contributed by atoms with E-state index in [0.717, 1.165) is 106 Å². The van der Waals surface area contributed by atoms with Crippen LogP contribution < -0.4 is 15.6 Å². The van der Waals surface area contributed by atoms with Crippen molar-refractivity contribution in [3.63, 3.8) is 0 Å². The molecule has 4 aromatic rings. The molecular formula is C42H54N4O6. The van der Waals surface area contributed by atoms with E-state index in [1.54, 1.807) is 17.0 Å². The summed E-state index contributed by atoms with van der Waals surface area (Å²) in [5.74, 6) is 1.20. The van der Waals surface area contributed by atoms with E-state index in [9.17, 15) is 24.9 Å². The molecular weight excluding hydrogens is 656 g/mol. The Morgan fingerprint density at radius 1 is 0.942 bits per heavy atom. The van der Waals surface area contributed by atoms with Crippen molar-refractivity contribution in [3.05, 3.63) is 105 Å². The highest BCUT2D eigenvalue weighted by Gasteiger charge is 2.43. The molecule has 7 rings (SSSR count). The molecule has 2 bridgehead atoms. The number of hydrogen-bond donors (Lipinski definition) is 5. The summed E-state index contributed by atoms with van der Waals surface area (Å²) >= 11 is 0. The Bertz CT molecular complexity index is 1820. The Morgan fingerprint density at radius 2 is 1.67 bits per heavy atom. The van der Waals surface area contributed by atoms with Gasteiger partial charge >= 0.3 is 6.09 Å². The molecule has 3 aliphatic rings. The van der Waals surface area contributed by atoms with Gasteiger partial charge in [-0.2, -0.15) is 0 Å². The number of nitrogens with zero attached hydrogens (tertiary/aromatic N) is 2. The predicted octanol–water partition coefficient (Wildman–Crippen LogP) is 7.14. The number of aliphatic hydroxyl groups excluding tert-OH is 1. The number of ether oxygens (including phenoxy) is 1. The van der Waals surface area contributed by atoms with Crippen LogP contribution in [0.25, 0.3) is 10.9 Å². The lowest BCUT2D eigenvalue weighted by Gasteiger charge is -2.50. The zero-order chi connectivity index (χ0) is 36.5. The number of aromatic amines is 1. The largest absolute Gasteiger partial charge is 0.506 e. The first-order valence-electron chi connectivity index (χ1n) is 19.1. The number of phenols is 1. The molecule has 0 aliphatic carbocycles. The molecule has 4 heterocycles. The average Bonchev–Trinajstić information content (AvgIpc) is 3.16. The number of unbranched alkanes of at least 4 members (excludes halogenated alkanes) is 6. The number of aryl methyl sites for hydroxylation is 1. The van der Waals surface area contributed by atoms with Crippen molar-refractivity contribution in [1.82, 2.24) is 20.1 Å². The van der Waals surface area contributed by atoms with Crippen LogP contribution in [0.5, 0.6) is 11.5 Å². The van der Waals surface area contributed by atoms with Crippen molar-refractivity contribution in [3.8, 4) is 11.5 Å². The van der Waals surface area contributed by atoms with E-state index in [1.165, 1.54) is 12.1 Å². The van der Waals surface area contributed by atoms with E-state index in [1.807, 2.05) is 37.3 Å². The van der Waals surface area contributed by atoms with Gasteiger partial charge in [-0.25, -0.2) is 4.79 Å². The first-order chi connectivity index (χ1) is 25.3. The number of benzene rings is 3. The van der Waals surface area contributed by atoms with Crippen LogP contribution in [0, 0.1) is 12.8 Å². The maximum atomic E-state index is 13.0. The van der Waals surface area contributed by atoms with Crippen molar-refractivity contribution in [1.29, 1.82) is 0 Å². The van der Waals surface area contributed by atoms with Crippen molar-refractivity contribution < 1.29 is 24.9 Å². The van der Waals surface area contributed by atoms with Crippen LogP contribution in [-0.4, -0.2) is 81.6 Å². The van der Waals surface area contributed by atoms with E-state index >= 15 is 0 Å². The molecule has 3 aliphatic heterocycles. The number of carbonyl (C=O) groups is 1. The van der Waals surface area contributed by atoms with Crippen LogP contribution in [0.1, 0.15) is 92.2 Å². The fraction of sp³-hybridized carbons (Fsp3) is 0.476. The molecule has 3 aromatic carbocycles. The van der Waals surface area contributed by atoms with E-state index in [4.69, 9.17) is 4.74 Å². The van der Waals surface area contributed by atoms with Gasteiger partial charge in [0.05, 0.1) is 30.3 Å². The fourth-order valence-corrected chi connectivity index (χ4v) is 8.10. The minimum absolute atomic E-state index is 0.0118. The molecule has 0 radical (unpaired) electrons. The van der Waals surface area contributed by atoms with Crippen LogP contribution >= 0.6 is 0 Å². The topological polar surface area (TPSA) is 138 Å². The lowest BCUT2D eigenvalue weighted by molar-refractivity contribution is -0.000812. The van der Waals surface area contributed by atoms with Gasteiger partial charge in [0.25, 0.3) is 0 Å². The third-order valence-electron chi connectivity index (χ3n) is 11.0. The highest BCUT2D eigenvalue weighted by atomic mass is 16.5. The number of aromatic nitrogens is 1. The molecule has 1 amide bonds. The molecule has 0 saturated carbocycles. The summed E-state index contributed by atoms with van der Waals surface area (Å²) in [6, 6.07) is 22.0. The minimum atomic E-state index is -0.870. The molecule has 278 valence electrons. The first-order valence-corrected chi connectivity index (χ1v) is 19.1. The van der Waals surface area contributed by atoms with Gasteiger partial charge in [0.2, 0.25) is 5.56 Å². The van der Waals surface area contributed by atoms with Gasteiger partial charge in [-0.1, -0.05) is 80.6 Å². The molecule has 10 nitrogen and oxygen atoms in total. The number of fused-ring (bicyclic) bond motifs is 4. The van der Waals surface area contributed by atoms with Gasteiger partial charge in [0, 0.05) is 24.5 Å². The zero-order valence-corrected chi connectivity index (χ0v) is 30.3. The number of nitrogens with one attached hydrogen (secondary N) is 2. The summed E-state index contributed by atoms with van der Waals surface area (Å²) in [4.78, 5) is 31.4. The molecule has 3 fully saturated rings. The Balaban J connectivity index is 0.922. The summed E-state index contributed by atoms with van der Waals surface area (Å²) in [5.41, 5.74) is 3.69. The Morgan fingerprint density at radius 3 is 2.38 bits per heavy atom. The number of pyridine rings is 1. The monoisotopic (exact) mass is 710 g/mol. The Kier molecular flexibility index (Phi) is 12.9. The maximum Gasteiger partial charge on any atom is 0.408 e. The molecule has 52 heavy (non-hydrogen) atoms. The number of H-pyrrole nitrogens is 1. The van der Waals surface area contributed by atoms with E-state index in [-0.39, 0.29) is 17.4 Å². The molecule has 10 heteroatoms. The number of hydrogen-bond acceptors (Lipinski definition) is 7. The second kappa shape index (κ2) is 17.9. The molecule has 3 atom stereocenters. The van der Waals surface area contributed by atoms with Crippen LogP contribution in [0.15, 0.2) is 77.6 Å². The van der Waals surface area contributed by atoms with Crippen molar-refractivity contribution >= 4 is 17.0 Å². The van der Waals surface area contributed by atoms with E-state index < -0.39 is 18.2 Å². The Labute approximate surface area is 306 Å². The number of amides is 1. The van der Waals surface area contributed by atoms with E-state index in [2.05, 4.69) is 33.4 Å². The average molecular weight is 711 g/mol. The number of piperidine rings is 3.